The minimum Gasteiger partial charge on any atom is -0.315 e. The van der Waals surface area contributed by atoms with Crippen molar-refractivity contribution in [3.63, 3.8) is 0 Å². The molecule has 0 spiro atoms. The topological polar surface area (TPSA) is 52.7 Å². The van der Waals surface area contributed by atoms with Crippen LogP contribution in [0.1, 0.15) is 32.6 Å². The Morgan fingerprint density at radius 3 is 2.84 bits per heavy atom. The molecule has 1 unspecified atom stereocenters. The van der Waals surface area contributed by atoms with E-state index in [4.69, 9.17) is 0 Å². The van der Waals surface area contributed by atoms with E-state index in [1.54, 1.807) is 17.4 Å². The summed E-state index contributed by atoms with van der Waals surface area (Å²) in [6.45, 7) is 8.38. The minimum atomic E-state index is -3.36. The number of rotatable bonds is 8. The zero-order valence-electron chi connectivity index (χ0n) is 12.1. The van der Waals surface area contributed by atoms with Crippen LogP contribution in [0.15, 0.2) is 12.7 Å². The van der Waals surface area contributed by atoms with Gasteiger partial charge in [-0.2, -0.15) is 17.0 Å². The van der Waals surface area contributed by atoms with Gasteiger partial charge in [-0.25, -0.2) is 0 Å². The second kappa shape index (κ2) is 7.99. The van der Waals surface area contributed by atoms with Gasteiger partial charge in [0.2, 0.25) is 0 Å². The second-order valence-electron chi connectivity index (χ2n) is 5.04. The molecule has 5 nitrogen and oxygen atoms in total. The largest absolute Gasteiger partial charge is 0.315 e. The van der Waals surface area contributed by atoms with E-state index in [1.165, 1.54) is 4.31 Å². The van der Waals surface area contributed by atoms with E-state index in [0.717, 1.165) is 38.8 Å². The van der Waals surface area contributed by atoms with Gasteiger partial charge in [-0.3, -0.25) is 0 Å². The van der Waals surface area contributed by atoms with Crippen molar-refractivity contribution in [2.75, 3.05) is 33.2 Å². The van der Waals surface area contributed by atoms with E-state index in [2.05, 4.69) is 18.8 Å². The molecule has 0 aromatic carbocycles. The SMILES string of the molecule is C=CCN(C)S(=O)(=O)N1CCCCC1CNCCC. The zero-order chi connectivity index (χ0) is 14.3. The quantitative estimate of drug-likeness (QED) is 0.540. The van der Waals surface area contributed by atoms with Gasteiger partial charge in [-0.05, 0) is 25.8 Å². The van der Waals surface area contributed by atoms with Crippen molar-refractivity contribution in [3.8, 4) is 0 Å². The molecule has 1 N–H and O–H groups in total. The average molecular weight is 289 g/mol. The monoisotopic (exact) mass is 289 g/mol. The van der Waals surface area contributed by atoms with Crippen molar-refractivity contribution < 1.29 is 8.42 Å². The molecule has 6 heteroatoms. The van der Waals surface area contributed by atoms with Crippen LogP contribution in [0.5, 0.6) is 0 Å². The Balaban J connectivity index is 2.72. The van der Waals surface area contributed by atoms with Crippen LogP contribution >= 0.6 is 0 Å². The number of piperidine rings is 1. The highest BCUT2D eigenvalue weighted by Crippen LogP contribution is 2.21. The second-order valence-corrected chi connectivity index (χ2v) is 7.03. The first-order valence-corrected chi connectivity index (χ1v) is 8.48. The molecule has 0 bridgehead atoms. The normalized spacial score (nSPS) is 21.7. The van der Waals surface area contributed by atoms with Gasteiger partial charge in [-0.1, -0.05) is 19.4 Å². The highest BCUT2D eigenvalue weighted by molar-refractivity contribution is 7.86. The molecule has 19 heavy (non-hydrogen) atoms. The lowest BCUT2D eigenvalue weighted by atomic mass is 10.1. The Labute approximate surface area is 117 Å². The fourth-order valence-corrected chi connectivity index (χ4v) is 3.95. The molecule has 1 saturated heterocycles. The van der Waals surface area contributed by atoms with Gasteiger partial charge < -0.3 is 5.32 Å². The molecule has 0 aromatic heterocycles. The van der Waals surface area contributed by atoms with Gasteiger partial charge in [0.1, 0.15) is 0 Å². The Hall–Kier alpha value is -0.430. The van der Waals surface area contributed by atoms with Gasteiger partial charge in [0, 0.05) is 32.7 Å². The Bertz CT molecular complexity index is 370. The smallest absolute Gasteiger partial charge is 0.282 e. The van der Waals surface area contributed by atoms with E-state index in [-0.39, 0.29) is 6.04 Å². The lowest BCUT2D eigenvalue weighted by molar-refractivity contribution is 0.232. The summed E-state index contributed by atoms with van der Waals surface area (Å²) < 4.78 is 28.0. The van der Waals surface area contributed by atoms with Gasteiger partial charge in [0.15, 0.2) is 0 Å². The summed E-state index contributed by atoms with van der Waals surface area (Å²) in [6.07, 6.45) is 5.68. The number of hydrogen-bond donors (Lipinski definition) is 1. The standard InChI is InChI=1S/C13H27N3O2S/c1-4-9-14-12-13-8-6-7-11-16(13)19(17,18)15(3)10-5-2/h5,13-14H,2,4,6-12H2,1,3H3. The van der Waals surface area contributed by atoms with Crippen LogP contribution in [0.3, 0.4) is 0 Å². The summed E-state index contributed by atoms with van der Waals surface area (Å²) >= 11 is 0. The van der Waals surface area contributed by atoms with E-state index in [1.807, 2.05) is 0 Å². The van der Waals surface area contributed by atoms with Crippen molar-refractivity contribution in [1.29, 1.82) is 0 Å². The molecule has 1 fully saturated rings. The predicted molar refractivity (Wildman–Crippen MR) is 79.3 cm³/mol. The number of nitrogens with zero attached hydrogens (tertiary/aromatic N) is 2. The van der Waals surface area contributed by atoms with E-state index < -0.39 is 10.2 Å². The van der Waals surface area contributed by atoms with E-state index >= 15 is 0 Å². The summed E-state index contributed by atoms with van der Waals surface area (Å²) in [4.78, 5) is 0. The van der Waals surface area contributed by atoms with Gasteiger partial charge in [0.25, 0.3) is 10.2 Å². The van der Waals surface area contributed by atoms with Crippen molar-refractivity contribution in [1.82, 2.24) is 13.9 Å². The third-order valence-corrected chi connectivity index (χ3v) is 5.47. The Kier molecular flexibility index (Phi) is 6.99. The highest BCUT2D eigenvalue weighted by Gasteiger charge is 2.34. The third kappa shape index (κ3) is 4.56. The predicted octanol–water partition coefficient (Wildman–Crippen LogP) is 1.20. The van der Waals surface area contributed by atoms with Crippen LogP contribution in [-0.2, 0) is 10.2 Å². The van der Waals surface area contributed by atoms with E-state index in [9.17, 15) is 8.42 Å². The maximum Gasteiger partial charge on any atom is 0.282 e. The molecule has 0 aliphatic carbocycles. The van der Waals surface area contributed by atoms with Gasteiger partial charge in [-0.15, -0.1) is 6.58 Å². The van der Waals surface area contributed by atoms with Gasteiger partial charge in [0.05, 0.1) is 0 Å². The van der Waals surface area contributed by atoms with Crippen molar-refractivity contribution in [2.45, 2.75) is 38.6 Å². The van der Waals surface area contributed by atoms with Crippen LogP contribution in [0.4, 0.5) is 0 Å². The Morgan fingerprint density at radius 2 is 2.21 bits per heavy atom. The first kappa shape index (κ1) is 16.6. The molecular weight excluding hydrogens is 262 g/mol. The Morgan fingerprint density at radius 1 is 1.47 bits per heavy atom. The van der Waals surface area contributed by atoms with Crippen LogP contribution in [0.25, 0.3) is 0 Å². The van der Waals surface area contributed by atoms with Crippen LogP contribution < -0.4 is 5.32 Å². The maximum absolute atomic E-state index is 12.5. The first-order chi connectivity index (χ1) is 9.04. The van der Waals surface area contributed by atoms with Gasteiger partial charge >= 0.3 is 0 Å². The molecule has 0 amide bonds. The fraction of sp³-hybridized carbons (Fsp3) is 0.846. The van der Waals surface area contributed by atoms with Crippen LogP contribution in [-0.4, -0.2) is 56.3 Å². The first-order valence-electron chi connectivity index (χ1n) is 7.08. The number of likely N-dealkylation sites (N-methyl/N-ethyl adjacent to an activating group) is 1. The molecule has 0 aromatic rings. The number of nitrogens with one attached hydrogen (secondary N) is 1. The lowest BCUT2D eigenvalue weighted by Crippen LogP contribution is -2.52. The van der Waals surface area contributed by atoms with E-state index in [0.29, 0.717) is 13.1 Å². The van der Waals surface area contributed by atoms with Crippen molar-refractivity contribution in [3.05, 3.63) is 12.7 Å². The molecule has 1 heterocycles. The fourth-order valence-electron chi connectivity index (χ4n) is 2.38. The molecule has 0 saturated carbocycles. The maximum atomic E-state index is 12.5. The average Bonchev–Trinajstić information content (AvgIpc) is 2.40. The van der Waals surface area contributed by atoms with Crippen molar-refractivity contribution in [2.24, 2.45) is 0 Å². The minimum absolute atomic E-state index is 0.0811. The highest BCUT2D eigenvalue weighted by atomic mass is 32.2. The molecular formula is C13H27N3O2S. The summed E-state index contributed by atoms with van der Waals surface area (Å²) in [6, 6.07) is 0.0811. The molecule has 112 valence electrons. The molecule has 1 atom stereocenters. The van der Waals surface area contributed by atoms with Crippen LogP contribution in [0.2, 0.25) is 0 Å². The summed E-state index contributed by atoms with van der Waals surface area (Å²) in [5.74, 6) is 0. The lowest BCUT2D eigenvalue weighted by Gasteiger charge is -2.37. The summed E-state index contributed by atoms with van der Waals surface area (Å²) in [5.41, 5.74) is 0. The molecule has 1 aliphatic rings. The number of hydrogen-bond acceptors (Lipinski definition) is 3. The molecule has 1 rings (SSSR count). The molecule has 0 radical (unpaired) electrons. The summed E-state index contributed by atoms with van der Waals surface area (Å²) in [7, 11) is -1.74. The van der Waals surface area contributed by atoms with Crippen molar-refractivity contribution >= 4 is 10.2 Å². The molecule has 1 aliphatic heterocycles. The van der Waals surface area contributed by atoms with Crippen LogP contribution in [0, 0.1) is 0 Å². The third-order valence-electron chi connectivity index (χ3n) is 3.46. The summed E-state index contributed by atoms with van der Waals surface area (Å²) in [5, 5.41) is 3.33. The zero-order valence-corrected chi connectivity index (χ0v) is 13.0.